The molecule has 0 saturated carbocycles. The second-order valence-electron chi connectivity index (χ2n) is 7.42. The van der Waals surface area contributed by atoms with E-state index in [1.54, 1.807) is 36.7 Å². The molecule has 0 spiro atoms. The van der Waals surface area contributed by atoms with Crippen molar-refractivity contribution >= 4 is 22.6 Å². The van der Waals surface area contributed by atoms with Gasteiger partial charge in [-0.2, -0.15) is 13.2 Å². The van der Waals surface area contributed by atoms with Crippen LogP contribution in [0, 0.1) is 5.82 Å². The molecule has 1 aromatic carbocycles. The first-order valence-corrected chi connectivity index (χ1v) is 10.4. The van der Waals surface area contributed by atoms with Crippen LogP contribution < -0.4 is 0 Å². The minimum absolute atomic E-state index is 0.127. The van der Waals surface area contributed by atoms with Crippen LogP contribution in [0.5, 0.6) is 0 Å². The van der Waals surface area contributed by atoms with Gasteiger partial charge in [0, 0.05) is 45.7 Å². The lowest BCUT2D eigenvalue weighted by Gasteiger charge is -2.12. The lowest BCUT2D eigenvalue weighted by atomic mass is 9.99. The molecule has 0 atom stereocenters. The van der Waals surface area contributed by atoms with E-state index in [-0.39, 0.29) is 11.3 Å². The summed E-state index contributed by atoms with van der Waals surface area (Å²) in [7, 11) is 0. The smallest absolute Gasteiger partial charge is 0.263 e. The second-order valence-corrected chi connectivity index (χ2v) is 7.86. The van der Waals surface area contributed by atoms with Gasteiger partial charge < -0.3 is 0 Å². The molecule has 0 N–H and O–H groups in total. The Labute approximate surface area is 195 Å². The fraction of sp³-hybridized carbons (Fsp3) is 0.0400. The van der Waals surface area contributed by atoms with Crippen LogP contribution in [0.2, 0.25) is 5.02 Å². The normalized spacial score (nSPS) is 11.7. The van der Waals surface area contributed by atoms with Gasteiger partial charge >= 0.3 is 6.18 Å². The zero-order chi connectivity index (χ0) is 23.9. The average molecular weight is 481 g/mol. The first kappa shape index (κ1) is 21.9. The van der Waals surface area contributed by atoms with Gasteiger partial charge in [0.2, 0.25) is 0 Å². The lowest BCUT2D eigenvalue weighted by Crippen LogP contribution is -2.08. The molecule has 0 amide bonds. The third-order valence-electron chi connectivity index (χ3n) is 5.17. The number of nitrogens with zero attached hydrogens (tertiary/aromatic N) is 4. The fourth-order valence-corrected chi connectivity index (χ4v) is 3.78. The van der Waals surface area contributed by atoms with Gasteiger partial charge in [0.05, 0.1) is 11.4 Å². The predicted octanol–water partition coefficient (Wildman–Crippen LogP) is 7.23. The number of benzene rings is 1. The van der Waals surface area contributed by atoms with E-state index >= 15 is 0 Å². The topological polar surface area (TPSA) is 51.6 Å². The number of hydrogen-bond donors (Lipinski definition) is 0. The maximum absolute atomic E-state index is 14.6. The van der Waals surface area contributed by atoms with Crippen molar-refractivity contribution in [3.05, 3.63) is 95.8 Å². The Balaban J connectivity index is 1.69. The minimum atomic E-state index is -4.57. The summed E-state index contributed by atoms with van der Waals surface area (Å²) in [5, 5.41) is 1.02. The summed E-state index contributed by atoms with van der Waals surface area (Å²) in [6, 6.07) is 14.7. The quantitative estimate of drug-likeness (QED) is 0.255. The van der Waals surface area contributed by atoms with E-state index < -0.39 is 17.7 Å². The molecular formula is C25H13ClF4N4. The molecule has 9 heteroatoms. The highest BCUT2D eigenvalue weighted by Gasteiger charge is 2.32. The molecule has 5 rings (SSSR count). The molecule has 0 aliphatic heterocycles. The van der Waals surface area contributed by atoms with E-state index in [4.69, 9.17) is 11.6 Å². The molecule has 4 heterocycles. The van der Waals surface area contributed by atoms with Gasteiger partial charge in [0.15, 0.2) is 5.65 Å². The predicted molar refractivity (Wildman–Crippen MR) is 121 cm³/mol. The third kappa shape index (κ3) is 4.20. The maximum atomic E-state index is 14.6. The molecule has 4 aromatic heterocycles. The molecule has 0 bridgehead atoms. The van der Waals surface area contributed by atoms with Crippen molar-refractivity contribution in [2.75, 3.05) is 0 Å². The summed E-state index contributed by atoms with van der Waals surface area (Å²) >= 11 is 6.07. The Kier molecular flexibility index (Phi) is 5.45. The van der Waals surface area contributed by atoms with Crippen LogP contribution in [0.4, 0.5) is 17.6 Å². The summed E-state index contributed by atoms with van der Waals surface area (Å²) in [4.78, 5) is 16.7. The van der Waals surface area contributed by atoms with Crippen molar-refractivity contribution in [2.45, 2.75) is 6.18 Å². The van der Waals surface area contributed by atoms with Gasteiger partial charge in [-0.3, -0.25) is 4.98 Å². The number of alkyl halides is 3. The summed E-state index contributed by atoms with van der Waals surface area (Å²) in [6.07, 6.45) is 0.00452. The highest BCUT2D eigenvalue weighted by atomic mass is 35.5. The van der Waals surface area contributed by atoms with Gasteiger partial charge in [-0.05, 0) is 60.2 Å². The monoisotopic (exact) mass is 480 g/mol. The molecule has 5 aromatic rings. The van der Waals surface area contributed by atoms with Crippen LogP contribution in [-0.2, 0) is 6.18 Å². The number of halogens is 5. The van der Waals surface area contributed by atoms with E-state index in [1.807, 2.05) is 0 Å². The Hall–Kier alpha value is -3.91. The Morgan fingerprint density at radius 3 is 2.41 bits per heavy atom. The van der Waals surface area contributed by atoms with Gasteiger partial charge in [-0.1, -0.05) is 17.7 Å². The molecule has 34 heavy (non-hydrogen) atoms. The third-order valence-corrected chi connectivity index (χ3v) is 5.41. The molecule has 0 fully saturated rings. The van der Waals surface area contributed by atoms with Crippen molar-refractivity contribution in [1.29, 1.82) is 0 Å². The van der Waals surface area contributed by atoms with Crippen molar-refractivity contribution in [2.24, 2.45) is 0 Å². The zero-order valence-corrected chi connectivity index (χ0v) is 17.9. The van der Waals surface area contributed by atoms with Crippen LogP contribution >= 0.6 is 11.6 Å². The number of fused-ring (bicyclic) bond motifs is 1. The molecular weight excluding hydrogens is 468 g/mol. The van der Waals surface area contributed by atoms with Crippen LogP contribution in [0.25, 0.3) is 44.7 Å². The summed E-state index contributed by atoms with van der Waals surface area (Å²) in [5.41, 5.74) is 1.63. The Morgan fingerprint density at radius 2 is 1.59 bits per heavy atom. The Morgan fingerprint density at radius 1 is 0.765 bits per heavy atom. The first-order valence-electron chi connectivity index (χ1n) is 10.0. The maximum Gasteiger partial charge on any atom is 0.433 e. The minimum Gasteiger partial charge on any atom is -0.263 e. The molecule has 0 unspecified atom stereocenters. The Bertz CT molecular complexity index is 1540. The van der Waals surface area contributed by atoms with Crippen LogP contribution in [-0.4, -0.2) is 19.9 Å². The summed E-state index contributed by atoms with van der Waals surface area (Å²) in [5.74, 6) is -0.502. The van der Waals surface area contributed by atoms with Gasteiger partial charge in [0.1, 0.15) is 11.5 Å². The van der Waals surface area contributed by atoms with Gasteiger partial charge in [-0.15, -0.1) is 0 Å². The standard InChI is InChI=1S/C25H13ClF4N4/c26-16-6-7-20(27)19(10-16)22-11-18(17-3-2-8-32-24(17)34-22)14-9-15(13-31-12-14)21-4-1-5-23(33-21)25(28,29)30/h1-13H. The van der Waals surface area contributed by atoms with E-state index in [9.17, 15) is 17.6 Å². The van der Waals surface area contributed by atoms with Crippen LogP contribution in [0.15, 0.2) is 79.3 Å². The van der Waals surface area contributed by atoms with E-state index in [1.165, 1.54) is 36.5 Å². The molecule has 0 aliphatic carbocycles. The van der Waals surface area contributed by atoms with Crippen molar-refractivity contribution in [3.8, 4) is 33.6 Å². The number of aromatic nitrogens is 4. The summed E-state index contributed by atoms with van der Waals surface area (Å²) < 4.78 is 54.0. The summed E-state index contributed by atoms with van der Waals surface area (Å²) in [6.45, 7) is 0. The van der Waals surface area contributed by atoms with Crippen molar-refractivity contribution in [3.63, 3.8) is 0 Å². The first-order chi connectivity index (χ1) is 16.3. The average Bonchev–Trinajstić information content (AvgIpc) is 2.84. The van der Waals surface area contributed by atoms with E-state index in [0.29, 0.717) is 38.4 Å². The zero-order valence-electron chi connectivity index (χ0n) is 17.2. The van der Waals surface area contributed by atoms with Crippen LogP contribution in [0.3, 0.4) is 0 Å². The SMILES string of the molecule is Fc1ccc(Cl)cc1-c1cc(-c2cncc(-c3cccc(C(F)(F)F)n3)c2)c2cccnc2n1. The fourth-order valence-electron chi connectivity index (χ4n) is 3.61. The number of pyridine rings is 4. The number of rotatable bonds is 3. The van der Waals surface area contributed by atoms with Crippen molar-refractivity contribution in [1.82, 2.24) is 19.9 Å². The lowest BCUT2D eigenvalue weighted by molar-refractivity contribution is -0.141. The van der Waals surface area contributed by atoms with Crippen molar-refractivity contribution < 1.29 is 17.6 Å². The van der Waals surface area contributed by atoms with Crippen LogP contribution in [0.1, 0.15) is 5.69 Å². The number of hydrogen-bond acceptors (Lipinski definition) is 4. The van der Waals surface area contributed by atoms with E-state index in [2.05, 4.69) is 19.9 Å². The van der Waals surface area contributed by atoms with Gasteiger partial charge in [0.25, 0.3) is 0 Å². The molecule has 4 nitrogen and oxygen atoms in total. The highest BCUT2D eigenvalue weighted by molar-refractivity contribution is 6.30. The van der Waals surface area contributed by atoms with E-state index in [0.717, 1.165) is 6.07 Å². The largest absolute Gasteiger partial charge is 0.433 e. The highest BCUT2D eigenvalue weighted by Crippen LogP contribution is 2.35. The second kappa shape index (κ2) is 8.46. The molecule has 0 saturated heterocycles. The molecule has 0 radical (unpaired) electrons. The molecule has 0 aliphatic rings. The van der Waals surface area contributed by atoms with Gasteiger partial charge in [-0.25, -0.2) is 19.3 Å². The molecule has 168 valence electrons.